The van der Waals surface area contributed by atoms with Crippen LogP contribution in [0.3, 0.4) is 0 Å². The Morgan fingerprint density at radius 2 is 1.54 bits per heavy atom. The Kier molecular flexibility index (Phi) is 9.90. The van der Waals surface area contributed by atoms with Gasteiger partial charge in [-0.2, -0.15) is 0 Å². The van der Waals surface area contributed by atoms with Gasteiger partial charge in [0.2, 0.25) is 0 Å². The van der Waals surface area contributed by atoms with Crippen molar-refractivity contribution < 1.29 is 23.8 Å². The molecule has 50 heavy (non-hydrogen) atoms. The molecule has 0 aliphatic heterocycles. The number of hydrogen-bond donors (Lipinski definition) is 1. The van der Waals surface area contributed by atoms with E-state index in [0.29, 0.717) is 33.2 Å². The monoisotopic (exact) mass is 693 g/mol. The number of fused-ring (bicyclic) bond motifs is 1. The first-order valence-electron chi connectivity index (χ1n) is 17.6. The number of carboxylic acid groups (broad SMARTS) is 1. The highest BCUT2D eigenvalue weighted by molar-refractivity contribution is 6.30. The molecule has 1 amide bonds. The molecule has 7 nitrogen and oxygen atoms in total. The molecule has 0 atom stereocenters. The zero-order valence-corrected chi connectivity index (χ0v) is 29.0. The molecule has 0 radical (unpaired) electrons. The van der Waals surface area contributed by atoms with Gasteiger partial charge in [-0.05, 0) is 97.0 Å². The summed E-state index contributed by atoms with van der Waals surface area (Å²) in [6.07, 6.45) is 10.7. The number of benzene rings is 4. The molecule has 7 rings (SSSR count). The SMILES string of the molecule is CN(C(=O)c1ccc(-c2ccc(Cl)cc2)c(COc2ccc(-c3nc4cc(C(=O)O)ccc4n3C3CCCCC3)c(F)c2)c1)C1CCCCC1. The fourth-order valence-corrected chi connectivity index (χ4v) is 7.78. The number of carbonyl (C=O) groups excluding carboxylic acids is 1. The second-order valence-corrected chi connectivity index (χ2v) is 14.1. The van der Waals surface area contributed by atoms with Gasteiger partial charge in [0.25, 0.3) is 5.91 Å². The van der Waals surface area contributed by atoms with E-state index in [9.17, 15) is 14.7 Å². The lowest BCUT2D eigenvalue weighted by Gasteiger charge is -2.31. The van der Waals surface area contributed by atoms with E-state index in [-0.39, 0.29) is 30.2 Å². The van der Waals surface area contributed by atoms with Gasteiger partial charge in [-0.15, -0.1) is 0 Å². The topological polar surface area (TPSA) is 84.7 Å². The van der Waals surface area contributed by atoms with Gasteiger partial charge in [-0.25, -0.2) is 14.2 Å². The second kappa shape index (κ2) is 14.7. The average molecular weight is 694 g/mol. The van der Waals surface area contributed by atoms with E-state index in [2.05, 4.69) is 4.57 Å². The maximum Gasteiger partial charge on any atom is 0.335 e. The summed E-state index contributed by atoms with van der Waals surface area (Å²) in [4.78, 5) is 32.0. The zero-order chi connectivity index (χ0) is 34.8. The lowest BCUT2D eigenvalue weighted by molar-refractivity contribution is 0.0687. The minimum Gasteiger partial charge on any atom is -0.489 e. The molecular formula is C41H41ClFN3O4. The van der Waals surface area contributed by atoms with Crippen molar-refractivity contribution in [3.05, 3.63) is 106 Å². The Bertz CT molecular complexity index is 2030. The standard InChI is InChI=1S/C41H41ClFN3O4/c1-45(31-8-4-2-5-9-31)40(47)27-14-19-34(26-12-16-30(42)17-13-26)29(22-27)25-50-33-18-20-35(36(43)24-33)39-44-37-23-28(41(48)49)15-21-38(37)46(39)32-10-6-3-7-11-32/h12-24,31-32H,2-11,25H2,1H3,(H,48,49). The van der Waals surface area contributed by atoms with Gasteiger partial charge in [-0.1, -0.05) is 68.3 Å². The normalized spacial score (nSPS) is 15.7. The number of amides is 1. The molecule has 9 heteroatoms. The van der Waals surface area contributed by atoms with E-state index >= 15 is 4.39 Å². The molecular weight excluding hydrogens is 653 g/mol. The molecule has 1 heterocycles. The van der Waals surface area contributed by atoms with Crippen LogP contribution in [0, 0.1) is 5.82 Å². The lowest BCUT2D eigenvalue weighted by atomic mass is 9.93. The van der Waals surface area contributed by atoms with E-state index in [4.69, 9.17) is 21.3 Å². The lowest BCUT2D eigenvalue weighted by Crippen LogP contribution is -2.38. The Morgan fingerprint density at radius 1 is 0.860 bits per heavy atom. The van der Waals surface area contributed by atoms with Crippen LogP contribution in [0.4, 0.5) is 4.39 Å². The predicted octanol–water partition coefficient (Wildman–Crippen LogP) is 10.3. The highest BCUT2D eigenvalue weighted by Crippen LogP contribution is 2.38. The second-order valence-electron chi connectivity index (χ2n) is 13.6. The third-order valence-electron chi connectivity index (χ3n) is 10.4. The number of carboxylic acids is 1. The number of imidazole rings is 1. The Morgan fingerprint density at radius 3 is 2.24 bits per heavy atom. The van der Waals surface area contributed by atoms with Crippen LogP contribution in [-0.2, 0) is 6.61 Å². The quantitative estimate of drug-likeness (QED) is 0.166. The Hall–Kier alpha value is -4.69. The summed E-state index contributed by atoms with van der Waals surface area (Å²) in [5, 5.41) is 10.2. The van der Waals surface area contributed by atoms with E-state index in [1.54, 1.807) is 30.3 Å². The van der Waals surface area contributed by atoms with Gasteiger partial charge < -0.3 is 19.3 Å². The van der Waals surface area contributed by atoms with Crippen molar-refractivity contribution in [2.24, 2.45) is 0 Å². The van der Waals surface area contributed by atoms with Crippen LogP contribution in [0.2, 0.25) is 5.02 Å². The van der Waals surface area contributed by atoms with E-state index in [1.165, 1.54) is 12.5 Å². The van der Waals surface area contributed by atoms with Crippen molar-refractivity contribution in [1.29, 1.82) is 0 Å². The van der Waals surface area contributed by atoms with Crippen molar-refractivity contribution in [2.75, 3.05) is 7.05 Å². The highest BCUT2D eigenvalue weighted by atomic mass is 35.5. The van der Waals surface area contributed by atoms with Crippen molar-refractivity contribution >= 4 is 34.5 Å². The van der Waals surface area contributed by atoms with Gasteiger partial charge >= 0.3 is 5.97 Å². The molecule has 258 valence electrons. The Balaban J connectivity index is 1.19. The summed E-state index contributed by atoms with van der Waals surface area (Å²) in [7, 11) is 1.89. The summed E-state index contributed by atoms with van der Waals surface area (Å²) >= 11 is 6.18. The summed E-state index contributed by atoms with van der Waals surface area (Å²) in [5.74, 6) is -0.704. The summed E-state index contributed by atoms with van der Waals surface area (Å²) < 4.78 is 24.4. The molecule has 0 spiro atoms. The third kappa shape index (κ3) is 6.99. The molecule has 2 aliphatic rings. The number of carbonyl (C=O) groups is 2. The number of aromatic carboxylic acids is 1. The molecule has 2 fully saturated rings. The maximum absolute atomic E-state index is 16.1. The summed E-state index contributed by atoms with van der Waals surface area (Å²) in [5.41, 5.74) is 5.02. The van der Waals surface area contributed by atoms with E-state index in [0.717, 1.165) is 80.0 Å². The number of hydrogen-bond acceptors (Lipinski definition) is 4. The van der Waals surface area contributed by atoms with E-state index < -0.39 is 11.8 Å². The molecule has 0 saturated heterocycles. The van der Waals surface area contributed by atoms with Crippen LogP contribution < -0.4 is 4.74 Å². The molecule has 2 saturated carbocycles. The maximum atomic E-state index is 16.1. The largest absolute Gasteiger partial charge is 0.489 e. The van der Waals surface area contributed by atoms with Crippen molar-refractivity contribution in [1.82, 2.24) is 14.5 Å². The molecule has 0 unspecified atom stereocenters. The van der Waals surface area contributed by atoms with Gasteiger partial charge in [0, 0.05) is 35.8 Å². The van der Waals surface area contributed by atoms with E-state index in [1.807, 2.05) is 54.4 Å². The number of nitrogens with zero attached hydrogens (tertiary/aromatic N) is 3. The average Bonchev–Trinajstić information content (AvgIpc) is 3.53. The third-order valence-corrected chi connectivity index (χ3v) is 10.7. The first-order valence-corrected chi connectivity index (χ1v) is 18.0. The fraction of sp³-hybridized carbons (Fsp3) is 0.341. The van der Waals surface area contributed by atoms with Gasteiger partial charge in [0.1, 0.15) is 24.0 Å². The van der Waals surface area contributed by atoms with Gasteiger partial charge in [0.05, 0.1) is 22.2 Å². The van der Waals surface area contributed by atoms with Crippen molar-refractivity contribution in [2.45, 2.75) is 82.9 Å². The van der Waals surface area contributed by atoms with Crippen LogP contribution in [-0.4, -0.2) is 44.5 Å². The summed E-state index contributed by atoms with van der Waals surface area (Å²) in [6.45, 7) is 0.115. The Labute approximate surface area is 296 Å². The van der Waals surface area contributed by atoms with Crippen molar-refractivity contribution in [3.8, 4) is 28.3 Å². The van der Waals surface area contributed by atoms with Crippen LogP contribution in [0.5, 0.6) is 5.75 Å². The summed E-state index contributed by atoms with van der Waals surface area (Å²) in [6, 6.07) is 23.3. The minimum absolute atomic E-state index is 0.0208. The first kappa shape index (κ1) is 33.8. The number of aromatic nitrogens is 2. The number of rotatable bonds is 9. The highest BCUT2D eigenvalue weighted by Gasteiger charge is 2.26. The van der Waals surface area contributed by atoms with Crippen molar-refractivity contribution in [3.63, 3.8) is 0 Å². The first-order chi connectivity index (χ1) is 24.3. The molecule has 5 aromatic rings. The van der Waals surface area contributed by atoms with Crippen LogP contribution in [0.25, 0.3) is 33.5 Å². The molecule has 1 aromatic heterocycles. The predicted molar refractivity (Wildman–Crippen MR) is 194 cm³/mol. The minimum atomic E-state index is -1.03. The molecule has 2 aliphatic carbocycles. The zero-order valence-electron chi connectivity index (χ0n) is 28.2. The van der Waals surface area contributed by atoms with Gasteiger partial charge in [0.15, 0.2) is 0 Å². The fourth-order valence-electron chi connectivity index (χ4n) is 7.65. The number of halogens is 2. The molecule has 1 N–H and O–H groups in total. The van der Waals surface area contributed by atoms with Crippen LogP contribution in [0.15, 0.2) is 78.9 Å². The molecule has 4 aromatic carbocycles. The van der Waals surface area contributed by atoms with Crippen LogP contribution in [0.1, 0.15) is 96.5 Å². The molecule has 0 bridgehead atoms. The number of ether oxygens (including phenoxy) is 1. The smallest absolute Gasteiger partial charge is 0.335 e. The van der Waals surface area contributed by atoms with Gasteiger partial charge in [-0.3, -0.25) is 4.79 Å². The van der Waals surface area contributed by atoms with Crippen LogP contribution >= 0.6 is 11.6 Å².